The largest absolute Gasteiger partial charge is 0.392 e. The number of nitrogens with zero attached hydrogens (tertiary/aromatic N) is 1. The molecule has 0 bridgehead atoms. The summed E-state index contributed by atoms with van der Waals surface area (Å²) in [5.41, 5.74) is 5.49. The highest BCUT2D eigenvalue weighted by Crippen LogP contribution is 2.38. The topological polar surface area (TPSA) is 46.3 Å². The Balaban J connectivity index is 2.15. The summed E-state index contributed by atoms with van der Waals surface area (Å²) in [5.74, 6) is 0.948. The molecule has 4 heteroatoms. The van der Waals surface area contributed by atoms with E-state index in [1.165, 1.54) is 19.3 Å². The average molecular weight is 296 g/mol. The molecule has 2 rings (SSSR count). The first-order valence-electron chi connectivity index (χ1n) is 8.15. The van der Waals surface area contributed by atoms with Gasteiger partial charge < -0.3 is 10.6 Å². The summed E-state index contributed by atoms with van der Waals surface area (Å²) in [6, 6.07) is 0. The van der Waals surface area contributed by atoms with Gasteiger partial charge in [-0.3, -0.25) is 4.79 Å². The minimum Gasteiger partial charge on any atom is -0.392 e. The molecule has 0 aromatic carbocycles. The summed E-state index contributed by atoms with van der Waals surface area (Å²) < 4.78 is 0. The van der Waals surface area contributed by atoms with E-state index >= 15 is 0 Å². The van der Waals surface area contributed by atoms with E-state index in [1.54, 1.807) is 0 Å². The number of likely N-dealkylation sites (tertiary alicyclic amines) is 1. The minimum absolute atomic E-state index is 0.223. The van der Waals surface area contributed by atoms with Crippen LogP contribution in [0.5, 0.6) is 0 Å². The van der Waals surface area contributed by atoms with Gasteiger partial charge in [0.05, 0.1) is 10.4 Å². The van der Waals surface area contributed by atoms with E-state index in [4.69, 9.17) is 18.0 Å². The van der Waals surface area contributed by atoms with E-state index in [0.29, 0.717) is 4.99 Å². The molecule has 1 atom stereocenters. The molecule has 2 aliphatic rings. The zero-order valence-electron chi connectivity index (χ0n) is 12.7. The Kier molecular flexibility index (Phi) is 5.42. The van der Waals surface area contributed by atoms with Gasteiger partial charge in [0.2, 0.25) is 5.91 Å². The van der Waals surface area contributed by atoms with Crippen molar-refractivity contribution < 1.29 is 4.79 Å². The Morgan fingerprint density at radius 2 is 1.75 bits per heavy atom. The predicted molar refractivity (Wildman–Crippen MR) is 86.5 cm³/mol. The molecular formula is C16H28N2OS. The monoisotopic (exact) mass is 296 g/mol. The number of carbonyl (C=O) groups is 1. The highest BCUT2D eigenvalue weighted by Gasteiger charge is 2.43. The lowest BCUT2D eigenvalue weighted by molar-refractivity contribution is -0.139. The third-order valence-electron chi connectivity index (χ3n) is 5.14. The number of hydrogen-bond donors (Lipinski definition) is 1. The molecule has 0 aromatic rings. The Morgan fingerprint density at radius 3 is 2.35 bits per heavy atom. The van der Waals surface area contributed by atoms with Crippen molar-refractivity contribution >= 4 is 23.1 Å². The maximum Gasteiger partial charge on any atom is 0.235 e. The first-order chi connectivity index (χ1) is 9.56. The van der Waals surface area contributed by atoms with Crippen molar-refractivity contribution in [2.75, 3.05) is 13.1 Å². The third-order valence-corrected chi connectivity index (χ3v) is 5.53. The second kappa shape index (κ2) is 6.88. The van der Waals surface area contributed by atoms with Crippen LogP contribution in [0.15, 0.2) is 0 Å². The highest BCUT2D eigenvalue weighted by molar-refractivity contribution is 7.80. The zero-order chi connectivity index (χ0) is 14.6. The van der Waals surface area contributed by atoms with Crippen molar-refractivity contribution in [3.8, 4) is 0 Å². The van der Waals surface area contributed by atoms with Crippen LogP contribution in [-0.2, 0) is 4.79 Å². The van der Waals surface area contributed by atoms with Gasteiger partial charge in [-0.05, 0) is 38.0 Å². The van der Waals surface area contributed by atoms with Crippen LogP contribution in [0.25, 0.3) is 0 Å². The van der Waals surface area contributed by atoms with Crippen LogP contribution < -0.4 is 5.73 Å². The van der Waals surface area contributed by atoms with Crippen molar-refractivity contribution in [3.63, 3.8) is 0 Å². The number of amides is 1. The first kappa shape index (κ1) is 15.7. The number of thiocarbonyl (C=S) groups is 1. The average Bonchev–Trinajstić information content (AvgIpc) is 2.78. The fourth-order valence-electron chi connectivity index (χ4n) is 3.67. The van der Waals surface area contributed by atoms with Crippen molar-refractivity contribution in [2.24, 2.45) is 17.1 Å². The minimum atomic E-state index is -0.542. The van der Waals surface area contributed by atoms with Crippen molar-refractivity contribution in [3.05, 3.63) is 0 Å². The smallest absolute Gasteiger partial charge is 0.235 e. The van der Waals surface area contributed by atoms with Crippen molar-refractivity contribution in [1.82, 2.24) is 4.90 Å². The maximum atomic E-state index is 13.1. The Morgan fingerprint density at radius 1 is 1.10 bits per heavy atom. The van der Waals surface area contributed by atoms with Crippen LogP contribution in [0.2, 0.25) is 0 Å². The fraction of sp³-hybridized carbons (Fsp3) is 0.875. The molecule has 1 aliphatic carbocycles. The number of nitrogens with two attached hydrogens (primary N) is 1. The third kappa shape index (κ3) is 3.33. The van der Waals surface area contributed by atoms with Crippen molar-refractivity contribution in [1.29, 1.82) is 0 Å². The normalized spacial score (nSPS) is 27.4. The number of carbonyl (C=O) groups excluding carboxylic acids is 1. The molecule has 0 aromatic heterocycles. The van der Waals surface area contributed by atoms with Gasteiger partial charge in [-0.1, -0.05) is 44.8 Å². The molecule has 1 aliphatic heterocycles. The Bertz CT molecular complexity index is 361. The van der Waals surface area contributed by atoms with Gasteiger partial charge in [0, 0.05) is 13.1 Å². The second-order valence-electron chi connectivity index (χ2n) is 6.69. The molecule has 2 fully saturated rings. The van der Waals surface area contributed by atoms with Gasteiger partial charge in [-0.2, -0.15) is 0 Å². The van der Waals surface area contributed by atoms with Crippen LogP contribution >= 0.6 is 12.2 Å². The molecule has 1 heterocycles. The van der Waals surface area contributed by atoms with Crippen molar-refractivity contribution in [2.45, 2.75) is 64.7 Å². The van der Waals surface area contributed by atoms with Gasteiger partial charge in [0.25, 0.3) is 0 Å². The summed E-state index contributed by atoms with van der Waals surface area (Å²) in [6.07, 6.45) is 9.72. The van der Waals surface area contributed by atoms with Crippen LogP contribution in [0.3, 0.4) is 0 Å². The molecule has 1 saturated carbocycles. The van der Waals surface area contributed by atoms with E-state index in [9.17, 15) is 4.79 Å². The number of hydrogen-bond acceptors (Lipinski definition) is 2. The summed E-state index contributed by atoms with van der Waals surface area (Å²) in [4.78, 5) is 15.6. The summed E-state index contributed by atoms with van der Waals surface area (Å²) >= 11 is 5.32. The summed E-state index contributed by atoms with van der Waals surface area (Å²) in [6.45, 7) is 4.04. The number of rotatable bonds is 2. The molecule has 0 radical (unpaired) electrons. The molecule has 20 heavy (non-hydrogen) atoms. The second-order valence-corrected chi connectivity index (χ2v) is 7.13. The highest BCUT2D eigenvalue weighted by atomic mass is 32.1. The van der Waals surface area contributed by atoms with Gasteiger partial charge in [0.15, 0.2) is 0 Å². The molecule has 2 N–H and O–H groups in total. The van der Waals surface area contributed by atoms with Crippen LogP contribution in [0, 0.1) is 11.3 Å². The van der Waals surface area contributed by atoms with Crippen LogP contribution in [-0.4, -0.2) is 28.9 Å². The SMILES string of the molecule is CC1CCCN(C(=O)C2(C(N)=S)CCCCCC2)CC1. The van der Waals surface area contributed by atoms with Crippen LogP contribution in [0.1, 0.15) is 64.7 Å². The van der Waals surface area contributed by atoms with E-state index in [1.807, 2.05) is 4.90 Å². The molecule has 1 saturated heterocycles. The molecule has 1 unspecified atom stereocenters. The van der Waals surface area contributed by atoms with Crippen LogP contribution in [0.4, 0.5) is 0 Å². The standard InChI is InChI=1S/C16H28N2OS/c1-13-7-6-11-18(12-8-13)15(19)16(14(17)20)9-4-2-3-5-10-16/h13H,2-12H2,1H3,(H2,17,20). The Hall–Kier alpha value is -0.640. The lowest BCUT2D eigenvalue weighted by atomic mass is 9.78. The lowest BCUT2D eigenvalue weighted by Gasteiger charge is -2.35. The zero-order valence-corrected chi connectivity index (χ0v) is 13.5. The maximum absolute atomic E-state index is 13.1. The molecule has 114 valence electrons. The molecular weight excluding hydrogens is 268 g/mol. The predicted octanol–water partition coefficient (Wildman–Crippen LogP) is 3.26. The molecule has 1 amide bonds. The molecule has 3 nitrogen and oxygen atoms in total. The first-order valence-corrected chi connectivity index (χ1v) is 8.56. The summed E-state index contributed by atoms with van der Waals surface area (Å²) in [7, 11) is 0. The lowest BCUT2D eigenvalue weighted by Crippen LogP contribution is -2.50. The van der Waals surface area contributed by atoms with Gasteiger partial charge in [-0.15, -0.1) is 0 Å². The summed E-state index contributed by atoms with van der Waals surface area (Å²) in [5, 5.41) is 0. The fourth-order valence-corrected chi connectivity index (χ4v) is 3.96. The van der Waals surface area contributed by atoms with Gasteiger partial charge in [0.1, 0.15) is 0 Å². The van der Waals surface area contributed by atoms with E-state index in [-0.39, 0.29) is 5.91 Å². The molecule has 0 spiro atoms. The quantitative estimate of drug-likeness (QED) is 0.628. The van der Waals surface area contributed by atoms with E-state index in [2.05, 4.69) is 6.92 Å². The van der Waals surface area contributed by atoms with E-state index < -0.39 is 5.41 Å². The van der Waals surface area contributed by atoms with Gasteiger partial charge >= 0.3 is 0 Å². The van der Waals surface area contributed by atoms with Gasteiger partial charge in [-0.25, -0.2) is 0 Å². The van der Waals surface area contributed by atoms with E-state index in [0.717, 1.165) is 57.5 Å². The Labute approximate surface area is 128 Å².